The minimum Gasteiger partial charge on any atom is -0.497 e. The molecule has 2 aromatic carbocycles. The summed E-state index contributed by atoms with van der Waals surface area (Å²) in [6.45, 7) is 1.30. The van der Waals surface area contributed by atoms with E-state index in [1.165, 1.54) is 0 Å². The van der Waals surface area contributed by atoms with Crippen LogP contribution in [0.5, 0.6) is 17.2 Å². The van der Waals surface area contributed by atoms with Crippen molar-refractivity contribution in [1.29, 1.82) is 0 Å². The van der Waals surface area contributed by atoms with Gasteiger partial charge in [-0.25, -0.2) is 0 Å². The van der Waals surface area contributed by atoms with Crippen molar-refractivity contribution < 1.29 is 19.0 Å². The summed E-state index contributed by atoms with van der Waals surface area (Å²) in [4.78, 5) is 11.3. The van der Waals surface area contributed by atoms with Gasteiger partial charge in [-0.15, -0.1) is 0 Å². The number of hydrogen-bond acceptors (Lipinski definition) is 4. The van der Waals surface area contributed by atoms with E-state index in [9.17, 15) is 4.79 Å². The number of rotatable bonds is 3. The van der Waals surface area contributed by atoms with E-state index >= 15 is 0 Å². The van der Waals surface area contributed by atoms with Gasteiger partial charge in [-0.1, -0.05) is 6.07 Å². The molecule has 0 amide bonds. The van der Waals surface area contributed by atoms with E-state index in [2.05, 4.69) is 0 Å². The van der Waals surface area contributed by atoms with Gasteiger partial charge >= 0.3 is 0 Å². The van der Waals surface area contributed by atoms with Crippen LogP contribution in [0, 0.1) is 0 Å². The third-order valence-electron chi connectivity index (χ3n) is 3.44. The molecule has 0 radical (unpaired) electrons. The molecule has 0 N–H and O–H groups in total. The summed E-state index contributed by atoms with van der Waals surface area (Å²) in [5.74, 6) is 2.13. The first-order chi connectivity index (χ1) is 10.3. The lowest BCUT2D eigenvalue weighted by Crippen LogP contribution is -1.97. The van der Waals surface area contributed by atoms with Gasteiger partial charge in [0.1, 0.15) is 5.75 Å². The number of carbonyl (C=O) groups is 1. The summed E-state index contributed by atoms with van der Waals surface area (Å²) in [6, 6.07) is 11.2. The van der Waals surface area contributed by atoms with Gasteiger partial charge in [-0.05, 0) is 41.5 Å². The monoisotopic (exact) mass is 284 g/mol. The van der Waals surface area contributed by atoms with Crippen molar-refractivity contribution in [2.75, 3.05) is 20.3 Å². The summed E-state index contributed by atoms with van der Waals surface area (Å²) in [6.07, 6.45) is 1.70. The molecule has 0 bridgehead atoms. The zero-order valence-electron chi connectivity index (χ0n) is 11.8. The average Bonchev–Trinajstić information content (AvgIpc) is 2.78. The van der Waals surface area contributed by atoms with Crippen molar-refractivity contribution in [3.8, 4) is 28.4 Å². The van der Waals surface area contributed by atoms with Crippen molar-refractivity contribution in [2.45, 2.75) is 6.42 Å². The molecule has 3 rings (SSSR count). The summed E-state index contributed by atoms with van der Waals surface area (Å²) >= 11 is 0. The Labute approximate surface area is 123 Å². The standard InChI is InChI=1S/C17H16O4/c1-19-14-4-5-15(13(9-14)11-18)12-3-6-16-17(10-12)21-8-2-7-20-16/h3-6,9-11H,2,7-8H2,1H3. The molecule has 1 heterocycles. The lowest BCUT2D eigenvalue weighted by atomic mass is 9.99. The molecule has 0 aliphatic carbocycles. The van der Waals surface area contributed by atoms with Crippen LogP contribution in [-0.2, 0) is 0 Å². The van der Waals surface area contributed by atoms with E-state index in [-0.39, 0.29) is 0 Å². The first-order valence-corrected chi connectivity index (χ1v) is 6.85. The Hall–Kier alpha value is -2.49. The Bertz CT molecular complexity index is 664. The molecule has 4 heteroatoms. The van der Waals surface area contributed by atoms with Crippen LogP contribution in [0.3, 0.4) is 0 Å². The van der Waals surface area contributed by atoms with E-state index < -0.39 is 0 Å². The number of fused-ring (bicyclic) bond motifs is 1. The van der Waals surface area contributed by atoms with Crippen LogP contribution >= 0.6 is 0 Å². The molecule has 0 unspecified atom stereocenters. The SMILES string of the molecule is COc1ccc(-c2ccc3c(c2)OCCCO3)c(C=O)c1. The molecule has 1 aliphatic rings. The van der Waals surface area contributed by atoms with Gasteiger partial charge in [0.2, 0.25) is 0 Å². The van der Waals surface area contributed by atoms with Gasteiger partial charge < -0.3 is 14.2 Å². The molecule has 108 valence electrons. The van der Waals surface area contributed by atoms with Crippen LogP contribution < -0.4 is 14.2 Å². The summed E-state index contributed by atoms with van der Waals surface area (Å²) in [5.41, 5.74) is 2.36. The van der Waals surface area contributed by atoms with Gasteiger partial charge in [-0.3, -0.25) is 4.79 Å². The molecule has 0 saturated heterocycles. The van der Waals surface area contributed by atoms with Crippen molar-refractivity contribution >= 4 is 6.29 Å². The molecule has 2 aromatic rings. The van der Waals surface area contributed by atoms with E-state index in [0.29, 0.717) is 24.5 Å². The molecule has 4 nitrogen and oxygen atoms in total. The van der Waals surface area contributed by atoms with Crippen LogP contribution in [0.15, 0.2) is 36.4 Å². The second-order valence-corrected chi connectivity index (χ2v) is 4.78. The fraction of sp³-hybridized carbons (Fsp3) is 0.235. The maximum absolute atomic E-state index is 11.3. The lowest BCUT2D eigenvalue weighted by molar-refractivity contribution is 0.112. The first-order valence-electron chi connectivity index (χ1n) is 6.85. The van der Waals surface area contributed by atoms with Gasteiger partial charge in [0.15, 0.2) is 17.8 Å². The Morgan fingerprint density at radius 2 is 1.86 bits per heavy atom. The summed E-state index contributed by atoms with van der Waals surface area (Å²) < 4.78 is 16.5. The van der Waals surface area contributed by atoms with Crippen LogP contribution in [0.1, 0.15) is 16.8 Å². The Balaban J connectivity index is 2.04. The molecular formula is C17H16O4. The molecule has 21 heavy (non-hydrogen) atoms. The van der Waals surface area contributed by atoms with Gasteiger partial charge in [0.25, 0.3) is 0 Å². The third-order valence-corrected chi connectivity index (χ3v) is 3.44. The second kappa shape index (κ2) is 5.87. The van der Waals surface area contributed by atoms with Crippen LogP contribution in [0.25, 0.3) is 11.1 Å². The third kappa shape index (κ3) is 2.70. The minimum atomic E-state index is 0.587. The largest absolute Gasteiger partial charge is 0.497 e. The average molecular weight is 284 g/mol. The summed E-state index contributed by atoms with van der Waals surface area (Å²) in [5, 5.41) is 0. The molecule has 0 spiro atoms. The zero-order chi connectivity index (χ0) is 14.7. The van der Waals surface area contributed by atoms with Gasteiger partial charge in [0.05, 0.1) is 20.3 Å². The number of benzene rings is 2. The van der Waals surface area contributed by atoms with Crippen molar-refractivity contribution in [3.63, 3.8) is 0 Å². The second-order valence-electron chi connectivity index (χ2n) is 4.78. The number of hydrogen-bond donors (Lipinski definition) is 0. The number of ether oxygens (including phenoxy) is 3. The van der Waals surface area contributed by atoms with E-state index in [1.54, 1.807) is 13.2 Å². The number of methoxy groups -OCH3 is 1. The highest BCUT2D eigenvalue weighted by molar-refractivity contribution is 5.88. The van der Waals surface area contributed by atoms with Crippen molar-refractivity contribution in [1.82, 2.24) is 0 Å². The lowest BCUT2D eigenvalue weighted by Gasteiger charge is -2.11. The molecule has 0 fully saturated rings. The maximum atomic E-state index is 11.3. The quantitative estimate of drug-likeness (QED) is 0.811. The van der Waals surface area contributed by atoms with Crippen LogP contribution in [-0.4, -0.2) is 26.6 Å². The normalized spacial score (nSPS) is 13.4. The van der Waals surface area contributed by atoms with Gasteiger partial charge in [-0.2, -0.15) is 0 Å². The minimum absolute atomic E-state index is 0.587. The van der Waals surface area contributed by atoms with Crippen LogP contribution in [0.2, 0.25) is 0 Å². The Morgan fingerprint density at radius 1 is 1.05 bits per heavy atom. The maximum Gasteiger partial charge on any atom is 0.161 e. The molecule has 1 aliphatic heterocycles. The molecule has 0 saturated carbocycles. The van der Waals surface area contributed by atoms with Crippen LogP contribution in [0.4, 0.5) is 0 Å². The van der Waals surface area contributed by atoms with Crippen molar-refractivity contribution in [2.24, 2.45) is 0 Å². The van der Waals surface area contributed by atoms with E-state index in [1.807, 2.05) is 30.3 Å². The summed E-state index contributed by atoms with van der Waals surface area (Å²) in [7, 11) is 1.58. The van der Waals surface area contributed by atoms with E-state index in [0.717, 1.165) is 35.3 Å². The molecule has 0 atom stereocenters. The zero-order valence-corrected chi connectivity index (χ0v) is 11.8. The van der Waals surface area contributed by atoms with E-state index in [4.69, 9.17) is 14.2 Å². The molecular weight excluding hydrogens is 268 g/mol. The number of carbonyl (C=O) groups excluding carboxylic acids is 1. The predicted molar refractivity (Wildman–Crippen MR) is 79.4 cm³/mol. The highest BCUT2D eigenvalue weighted by Gasteiger charge is 2.13. The first kappa shape index (κ1) is 13.5. The number of aldehydes is 1. The smallest absolute Gasteiger partial charge is 0.161 e. The fourth-order valence-corrected chi connectivity index (χ4v) is 2.36. The highest BCUT2D eigenvalue weighted by atomic mass is 16.5. The fourth-order valence-electron chi connectivity index (χ4n) is 2.36. The van der Waals surface area contributed by atoms with Crippen molar-refractivity contribution in [3.05, 3.63) is 42.0 Å². The van der Waals surface area contributed by atoms with Gasteiger partial charge in [0, 0.05) is 12.0 Å². The Morgan fingerprint density at radius 3 is 2.62 bits per heavy atom. The highest BCUT2D eigenvalue weighted by Crippen LogP contribution is 2.35. The molecule has 0 aromatic heterocycles. The topological polar surface area (TPSA) is 44.8 Å². The Kier molecular flexibility index (Phi) is 3.77. The predicted octanol–water partition coefficient (Wildman–Crippen LogP) is 3.34.